The van der Waals surface area contributed by atoms with Crippen molar-refractivity contribution in [3.63, 3.8) is 0 Å². The maximum atomic E-state index is 12.2. The van der Waals surface area contributed by atoms with Crippen LogP contribution < -0.4 is 15.1 Å². The Bertz CT molecular complexity index is 1700. The van der Waals surface area contributed by atoms with Crippen LogP contribution in [0.5, 0.6) is 5.88 Å². The van der Waals surface area contributed by atoms with Crippen molar-refractivity contribution in [2.75, 3.05) is 19.3 Å². The first-order chi connectivity index (χ1) is 22.3. The standard InChI is InChI=1S/C19H18ClN3O4.C15H18Cl2N2O/c1-25-19(24)23(26-2)17-6-4-3-5-14(17)13-27-18-11-12-22(21-18)16-9-7-15(20)8-10-16;1-9(11-6-5-10(16)7-13(11)17)19-14(20)12(8-18)15(2,3)4/h3-12H,13H2,1-2H3;5-7,9,12H,1-4H3,(H,19,20). The number of hydrogen-bond acceptors (Lipinski definition) is 7. The molecule has 4 rings (SSSR count). The van der Waals surface area contributed by atoms with E-state index < -0.39 is 17.4 Å². The van der Waals surface area contributed by atoms with Gasteiger partial charge < -0.3 is 14.8 Å². The van der Waals surface area contributed by atoms with Crippen LogP contribution in [0.15, 0.2) is 79.0 Å². The van der Waals surface area contributed by atoms with Crippen LogP contribution in [-0.4, -0.2) is 36.0 Å². The number of carbonyl (C=O) groups is 2. The van der Waals surface area contributed by atoms with Gasteiger partial charge in [0.05, 0.1) is 37.7 Å². The third-order valence-electron chi connectivity index (χ3n) is 6.81. The van der Waals surface area contributed by atoms with Crippen LogP contribution in [0.25, 0.3) is 5.69 Å². The van der Waals surface area contributed by atoms with Crippen molar-refractivity contribution in [3.05, 3.63) is 105 Å². The monoisotopic (exact) mass is 699 g/mol. The Labute approximate surface area is 289 Å². The van der Waals surface area contributed by atoms with E-state index in [1.165, 1.54) is 14.2 Å². The summed E-state index contributed by atoms with van der Waals surface area (Å²) in [7, 11) is 2.68. The SMILES string of the molecule is CC(NC(=O)C(C#N)C(C)(C)C)c1ccc(Cl)cc1Cl.COC(=O)N(OC)c1ccccc1COc1ccn(-c2ccc(Cl)cc2)n1. The number of hydroxylamine groups is 1. The molecule has 0 saturated carbocycles. The highest BCUT2D eigenvalue weighted by atomic mass is 35.5. The number of ether oxygens (including phenoxy) is 2. The van der Waals surface area contributed by atoms with E-state index in [1.807, 2.05) is 52.0 Å². The molecule has 47 heavy (non-hydrogen) atoms. The Kier molecular flexibility index (Phi) is 13.5. The number of nitrogens with zero attached hydrogens (tertiary/aromatic N) is 4. The molecule has 10 nitrogen and oxygen atoms in total. The number of aromatic nitrogens is 2. The number of amides is 2. The number of methoxy groups -OCH3 is 1. The average molecular weight is 701 g/mol. The zero-order chi connectivity index (χ0) is 34.7. The molecule has 13 heteroatoms. The summed E-state index contributed by atoms with van der Waals surface area (Å²) in [5, 5.41) is 19.1. The topological polar surface area (TPSA) is 119 Å². The van der Waals surface area contributed by atoms with Crippen molar-refractivity contribution in [2.45, 2.75) is 40.3 Å². The van der Waals surface area contributed by atoms with Crippen LogP contribution in [0, 0.1) is 22.7 Å². The van der Waals surface area contributed by atoms with Crippen LogP contribution in [0.2, 0.25) is 15.1 Å². The summed E-state index contributed by atoms with van der Waals surface area (Å²) in [6, 6.07) is 23.2. The van der Waals surface area contributed by atoms with Crippen molar-refractivity contribution in [1.82, 2.24) is 15.1 Å². The van der Waals surface area contributed by atoms with Gasteiger partial charge in [-0.1, -0.05) is 79.8 Å². The summed E-state index contributed by atoms with van der Waals surface area (Å²) in [6.45, 7) is 7.61. The first kappa shape index (κ1) is 37.2. The molecule has 0 saturated heterocycles. The molecule has 0 radical (unpaired) electrons. The van der Waals surface area contributed by atoms with Crippen molar-refractivity contribution in [2.24, 2.45) is 11.3 Å². The fraction of sp³-hybridized carbons (Fsp3) is 0.294. The molecular weight excluding hydrogens is 665 g/mol. The summed E-state index contributed by atoms with van der Waals surface area (Å²) >= 11 is 17.9. The molecule has 2 unspecified atom stereocenters. The zero-order valence-electron chi connectivity index (χ0n) is 26.8. The molecule has 3 aromatic carbocycles. The molecule has 1 heterocycles. The second kappa shape index (κ2) is 17.0. The van der Waals surface area contributed by atoms with Gasteiger partial charge in [0.25, 0.3) is 0 Å². The number of nitrogens with one attached hydrogen (secondary N) is 1. The number of nitriles is 1. The lowest BCUT2D eigenvalue weighted by Gasteiger charge is -2.25. The lowest BCUT2D eigenvalue weighted by Crippen LogP contribution is -2.38. The first-order valence-electron chi connectivity index (χ1n) is 14.4. The maximum absolute atomic E-state index is 12.2. The molecule has 4 aromatic rings. The molecule has 2 amide bonds. The van der Waals surface area contributed by atoms with Crippen LogP contribution in [-0.2, 0) is 21.0 Å². The van der Waals surface area contributed by atoms with Gasteiger partial charge in [0.1, 0.15) is 12.5 Å². The highest BCUT2D eigenvalue weighted by Crippen LogP contribution is 2.29. The number of para-hydroxylation sites is 1. The van der Waals surface area contributed by atoms with Crippen molar-refractivity contribution < 1.29 is 23.9 Å². The second-order valence-electron chi connectivity index (χ2n) is 11.3. The van der Waals surface area contributed by atoms with Crippen LogP contribution >= 0.6 is 34.8 Å². The van der Waals surface area contributed by atoms with Crippen LogP contribution in [0.3, 0.4) is 0 Å². The quantitative estimate of drug-likeness (QED) is 0.174. The largest absolute Gasteiger partial charge is 0.472 e. The fourth-order valence-electron chi connectivity index (χ4n) is 4.33. The Morgan fingerprint density at radius 2 is 1.66 bits per heavy atom. The van der Waals surface area contributed by atoms with Crippen molar-refractivity contribution in [3.8, 4) is 17.6 Å². The van der Waals surface area contributed by atoms with Crippen LogP contribution in [0.4, 0.5) is 10.5 Å². The number of halogens is 3. The van der Waals surface area contributed by atoms with Gasteiger partial charge in [-0.15, -0.1) is 5.10 Å². The van der Waals surface area contributed by atoms with E-state index in [9.17, 15) is 9.59 Å². The third-order valence-corrected chi connectivity index (χ3v) is 7.62. The zero-order valence-corrected chi connectivity index (χ0v) is 29.1. The molecule has 0 fully saturated rings. The van der Waals surface area contributed by atoms with E-state index in [4.69, 9.17) is 54.4 Å². The highest BCUT2D eigenvalue weighted by molar-refractivity contribution is 6.35. The summed E-state index contributed by atoms with van der Waals surface area (Å²) in [5.41, 5.74) is 2.50. The Morgan fingerprint density at radius 3 is 2.26 bits per heavy atom. The summed E-state index contributed by atoms with van der Waals surface area (Å²) < 4.78 is 12.2. The number of rotatable bonds is 9. The van der Waals surface area contributed by atoms with Gasteiger partial charge in [0.2, 0.25) is 11.8 Å². The van der Waals surface area contributed by atoms with Gasteiger partial charge in [-0.05, 0) is 60.4 Å². The third kappa shape index (κ3) is 10.4. The number of carbonyl (C=O) groups excluding carboxylic acids is 2. The van der Waals surface area contributed by atoms with Gasteiger partial charge in [-0.25, -0.2) is 9.48 Å². The summed E-state index contributed by atoms with van der Waals surface area (Å²) in [5.74, 6) is -0.559. The minimum Gasteiger partial charge on any atom is -0.472 e. The molecule has 0 bridgehead atoms. The van der Waals surface area contributed by atoms with E-state index in [-0.39, 0.29) is 18.6 Å². The Morgan fingerprint density at radius 1 is 1.00 bits per heavy atom. The summed E-state index contributed by atoms with van der Waals surface area (Å²) in [4.78, 5) is 29.2. The average Bonchev–Trinajstić information content (AvgIpc) is 3.50. The predicted octanol–water partition coefficient (Wildman–Crippen LogP) is 8.60. The Balaban J connectivity index is 0.000000268. The van der Waals surface area contributed by atoms with Gasteiger partial charge in [-0.3, -0.25) is 9.63 Å². The van der Waals surface area contributed by atoms with E-state index in [1.54, 1.807) is 59.4 Å². The molecule has 248 valence electrons. The van der Waals surface area contributed by atoms with Gasteiger partial charge in [-0.2, -0.15) is 10.3 Å². The summed E-state index contributed by atoms with van der Waals surface area (Å²) in [6.07, 6.45) is 1.16. The molecule has 1 N–H and O–H groups in total. The fourth-order valence-corrected chi connectivity index (χ4v) is 5.03. The molecule has 2 atom stereocenters. The van der Waals surface area contributed by atoms with E-state index in [0.717, 1.165) is 21.9 Å². The Hall–Kier alpha value is -4.27. The van der Waals surface area contributed by atoms with Gasteiger partial charge in [0.15, 0.2) is 0 Å². The molecule has 1 aromatic heterocycles. The van der Waals surface area contributed by atoms with E-state index >= 15 is 0 Å². The first-order valence-corrected chi connectivity index (χ1v) is 15.5. The lowest BCUT2D eigenvalue weighted by atomic mass is 9.81. The van der Waals surface area contributed by atoms with Crippen molar-refractivity contribution in [1.29, 1.82) is 5.26 Å². The maximum Gasteiger partial charge on any atom is 0.438 e. The van der Waals surface area contributed by atoms with E-state index in [2.05, 4.69) is 16.5 Å². The molecular formula is C34H36Cl3N5O5. The lowest BCUT2D eigenvalue weighted by molar-refractivity contribution is -0.126. The van der Waals surface area contributed by atoms with Crippen LogP contribution in [0.1, 0.15) is 44.9 Å². The molecule has 0 spiro atoms. The minimum atomic E-state index is -0.712. The molecule has 0 aliphatic heterocycles. The number of benzene rings is 3. The predicted molar refractivity (Wildman–Crippen MR) is 183 cm³/mol. The number of anilines is 1. The van der Waals surface area contributed by atoms with E-state index in [0.29, 0.717) is 26.6 Å². The normalized spacial score (nSPS) is 12.1. The minimum absolute atomic E-state index is 0.199. The second-order valence-corrected chi connectivity index (χ2v) is 12.5. The molecule has 0 aliphatic rings. The smallest absolute Gasteiger partial charge is 0.438 e. The van der Waals surface area contributed by atoms with Gasteiger partial charge in [0, 0.05) is 32.9 Å². The van der Waals surface area contributed by atoms with Crippen molar-refractivity contribution >= 4 is 52.5 Å². The number of hydrogen-bond donors (Lipinski definition) is 1. The molecule has 0 aliphatic carbocycles. The highest BCUT2D eigenvalue weighted by Gasteiger charge is 2.32. The van der Waals surface area contributed by atoms with Gasteiger partial charge >= 0.3 is 6.09 Å².